The summed E-state index contributed by atoms with van der Waals surface area (Å²) in [6, 6.07) is 7.89. The van der Waals surface area contributed by atoms with Crippen molar-refractivity contribution in [3.05, 3.63) is 29.8 Å². The second kappa shape index (κ2) is 7.94. The summed E-state index contributed by atoms with van der Waals surface area (Å²) in [4.78, 5) is 27.8. The summed E-state index contributed by atoms with van der Waals surface area (Å²) in [7, 11) is 0. The van der Waals surface area contributed by atoms with Gasteiger partial charge in [-0.1, -0.05) is 32.0 Å². The first-order chi connectivity index (χ1) is 10.6. The molecule has 1 N–H and O–H groups in total. The van der Waals surface area contributed by atoms with Crippen LogP contribution in [0.3, 0.4) is 0 Å². The molecule has 1 aliphatic rings. The summed E-state index contributed by atoms with van der Waals surface area (Å²) in [5, 5.41) is 2.99. The fourth-order valence-corrected chi connectivity index (χ4v) is 2.72. The Morgan fingerprint density at radius 2 is 1.77 bits per heavy atom. The maximum absolute atomic E-state index is 12.2. The molecule has 22 heavy (non-hydrogen) atoms. The number of amides is 2. The third-order valence-electron chi connectivity index (χ3n) is 4.07. The molecule has 0 aliphatic carbocycles. The van der Waals surface area contributed by atoms with Gasteiger partial charge in [-0.2, -0.15) is 0 Å². The lowest BCUT2D eigenvalue weighted by atomic mass is 10.1. The minimum atomic E-state index is 0.0103. The average molecular weight is 303 g/mol. The molecule has 0 atom stereocenters. The molecule has 1 aliphatic heterocycles. The van der Waals surface area contributed by atoms with E-state index < -0.39 is 0 Å². The van der Waals surface area contributed by atoms with Crippen LogP contribution in [0, 0.1) is 0 Å². The van der Waals surface area contributed by atoms with Gasteiger partial charge in [0.25, 0.3) is 0 Å². The molecule has 1 aromatic rings. The molecule has 1 saturated heterocycles. The van der Waals surface area contributed by atoms with E-state index in [-0.39, 0.29) is 11.8 Å². The molecular weight excluding hydrogens is 278 g/mol. The van der Waals surface area contributed by atoms with Crippen molar-refractivity contribution in [2.45, 2.75) is 26.7 Å². The third kappa shape index (κ3) is 4.31. The highest BCUT2D eigenvalue weighted by molar-refractivity contribution is 5.93. The van der Waals surface area contributed by atoms with Crippen molar-refractivity contribution in [2.75, 3.05) is 38.0 Å². The summed E-state index contributed by atoms with van der Waals surface area (Å²) in [5.41, 5.74) is 2.05. The number of piperazine rings is 1. The molecule has 0 spiro atoms. The summed E-state index contributed by atoms with van der Waals surface area (Å²) in [5.74, 6) is 0.206. The van der Waals surface area contributed by atoms with Crippen LogP contribution < -0.4 is 5.32 Å². The number of hydrogen-bond donors (Lipinski definition) is 1. The van der Waals surface area contributed by atoms with Crippen molar-refractivity contribution in [2.24, 2.45) is 0 Å². The number of para-hydroxylation sites is 1. The van der Waals surface area contributed by atoms with Crippen LogP contribution in [0.4, 0.5) is 5.69 Å². The van der Waals surface area contributed by atoms with E-state index in [1.54, 1.807) is 0 Å². The molecule has 2 amide bonds. The van der Waals surface area contributed by atoms with Crippen LogP contribution in [0.15, 0.2) is 24.3 Å². The monoisotopic (exact) mass is 303 g/mol. The summed E-state index contributed by atoms with van der Waals surface area (Å²) < 4.78 is 0. The van der Waals surface area contributed by atoms with Crippen LogP contribution in [0.5, 0.6) is 0 Å². The van der Waals surface area contributed by atoms with E-state index in [2.05, 4.69) is 17.1 Å². The number of hydrogen-bond acceptors (Lipinski definition) is 3. The smallest absolute Gasteiger partial charge is 0.238 e. The Kier molecular flexibility index (Phi) is 5.95. The Morgan fingerprint density at radius 1 is 1.09 bits per heavy atom. The Bertz CT molecular complexity index is 522. The molecule has 1 fully saturated rings. The van der Waals surface area contributed by atoms with E-state index in [0.717, 1.165) is 30.8 Å². The van der Waals surface area contributed by atoms with Crippen molar-refractivity contribution in [3.63, 3.8) is 0 Å². The minimum absolute atomic E-state index is 0.0103. The molecule has 1 heterocycles. The lowest BCUT2D eigenvalue weighted by Gasteiger charge is -2.34. The predicted octanol–water partition coefficient (Wildman–Crippen LogP) is 1.74. The zero-order chi connectivity index (χ0) is 15.9. The molecule has 0 bridgehead atoms. The van der Waals surface area contributed by atoms with Crippen molar-refractivity contribution >= 4 is 17.5 Å². The van der Waals surface area contributed by atoms with Crippen LogP contribution in [-0.2, 0) is 16.0 Å². The molecular formula is C17H25N3O2. The molecule has 5 heteroatoms. The molecule has 0 aromatic heterocycles. The van der Waals surface area contributed by atoms with Gasteiger partial charge in [-0.05, 0) is 18.1 Å². The first kappa shape index (κ1) is 16.5. The highest BCUT2D eigenvalue weighted by atomic mass is 16.2. The predicted molar refractivity (Wildman–Crippen MR) is 87.8 cm³/mol. The van der Waals surface area contributed by atoms with Gasteiger partial charge in [-0.3, -0.25) is 14.5 Å². The fourth-order valence-electron chi connectivity index (χ4n) is 2.72. The Hall–Kier alpha value is -1.88. The van der Waals surface area contributed by atoms with Gasteiger partial charge in [0, 0.05) is 38.3 Å². The Balaban J connectivity index is 1.82. The van der Waals surface area contributed by atoms with Gasteiger partial charge in [-0.15, -0.1) is 0 Å². The normalized spacial score (nSPS) is 15.6. The Labute approximate surface area is 132 Å². The summed E-state index contributed by atoms with van der Waals surface area (Å²) in [6.45, 7) is 7.29. The third-order valence-corrected chi connectivity index (χ3v) is 4.07. The summed E-state index contributed by atoms with van der Waals surface area (Å²) >= 11 is 0. The fraction of sp³-hybridized carbons (Fsp3) is 0.529. The maximum atomic E-state index is 12.2. The topological polar surface area (TPSA) is 52.7 Å². The number of carbonyl (C=O) groups excluding carboxylic acids is 2. The zero-order valence-electron chi connectivity index (χ0n) is 13.5. The second-order valence-electron chi connectivity index (χ2n) is 5.57. The van der Waals surface area contributed by atoms with E-state index in [9.17, 15) is 9.59 Å². The molecule has 2 rings (SSSR count). The standard InChI is InChI=1S/C17H25N3O2/c1-3-14-7-5-6-8-15(14)18-16(21)13-19-9-11-20(12-10-19)17(22)4-2/h5-8H,3-4,9-13H2,1-2H3,(H,18,21). The SMILES string of the molecule is CCC(=O)N1CCN(CC(=O)Nc2ccccc2CC)CC1. The van der Waals surface area contributed by atoms with Crippen molar-refractivity contribution in [1.82, 2.24) is 9.80 Å². The lowest BCUT2D eigenvalue weighted by molar-refractivity contribution is -0.132. The van der Waals surface area contributed by atoms with Crippen molar-refractivity contribution in [3.8, 4) is 0 Å². The highest BCUT2D eigenvalue weighted by Gasteiger charge is 2.21. The minimum Gasteiger partial charge on any atom is -0.340 e. The van der Waals surface area contributed by atoms with E-state index in [1.807, 2.05) is 36.1 Å². The van der Waals surface area contributed by atoms with Gasteiger partial charge in [0.2, 0.25) is 11.8 Å². The van der Waals surface area contributed by atoms with E-state index in [4.69, 9.17) is 0 Å². The summed E-state index contributed by atoms with van der Waals surface area (Å²) in [6.07, 6.45) is 1.45. The first-order valence-electron chi connectivity index (χ1n) is 8.02. The number of nitrogens with zero attached hydrogens (tertiary/aromatic N) is 2. The molecule has 0 radical (unpaired) electrons. The van der Waals surface area contributed by atoms with Crippen LogP contribution in [0.2, 0.25) is 0 Å². The molecule has 120 valence electrons. The van der Waals surface area contributed by atoms with Crippen LogP contribution in [0.1, 0.15) is 25.8 Å². The number of rotatable bonds is 5. The second-order valence-corrected chi connectivity index (χ2v) is 5.57. The maximum Gasteiger partial charge on any atom is 0.238 e. The zero-order valence-corrected chi connectivity index (χ0v) is 13.5. The average Bonchev–Trinajstić information content (AvgIpc) is 2.55. The molecule has 0 saturated carbocycles. The van der Waals surface area contributed by atoms with E-state index in [0.29, 0.717) is 26.1 Å². The number of anilines is 1. The van der Waals surface area contributed by atoms with E-state index in [1.165, 1.54) is 0 Å². The van der Waals surface area contributed by atoms with Crippen molar-refractivity contribution < 1.29 is 9.59 Å². The van der Waals surface area contributed by atoms with Crippen molar-refractivity contribution in [1.29, 1.82) is 0 Å². The van der Waals surface area contributed by atoms with Gasteiger partial charge < -0.3 is 10.2 Å². The molecule has 0 unspecified atom stereocenters. The largest absolute Gasteiger partial charge is 0.340 e. The van der Waals surface area contributed by atoms with Crippen LogP contribution in [0.25, 0.3) is 0 Å². The number of benzene rings is 1. The number of nitrogens with one attached hydrogen (secondary N) is 1. The first-order valence-corrected chi connectivity index (χ1v) is 8.02. The van der Waals surface area contributed by atoms with Gasteiger partial charge in [-0.25, -0.2) is 0 Å². The number of aryl methyl sites for hydroxylation is 1. The molecule has 5 nitrogen and oxygen atoms in total. The van der Waals surface area contributed by atoms with Crippen LogP contribution in [-0.4, -0.2) is 54.3 Å². The number of carbonyl (C=O) groups is 2. The van der Waals surface area contributed by atoms with Gasteiger partial charge in [0.15, 0.2) is 0 Å². The quantitative estimate of drug-likeness (QED) is 0.901. The van der Waals surface area contributed by atoms with E-state index >= 15 is 0 Å². The van der Waals surface area contributed by atoms with Crippen LogP contribution >= 0.6 is 0 Å². The lowest BCUT2D eigenvalue weighted by Crippen LogP contribution is -2.50. The van der Waals surface area contributed by atoms with Gasteiger partial charge >= 0.3 is 0 Å². The van der Waals surface area contributed by atoms with Gasteiger partial charge in [0.05, 0.1) is 6.54 Å². The van der Waals surface area contributed by atoms with Gasteiger partial charge in [0.1, 0.15) is 0 Å². The highest BCUT2D eigenvalue weighted by Crippen LogP contribution is 2.15. The Morgan fingerprint density at radius 3 is 2.41 bits per heavy atom. The molecule has 1 aromatic carbocycles.